The van der Waals surface area contributed by atoms with Crippen LogP contribution >= 0.6 is 0 Å². The fourth-order valence-corrected chi connectivity index (χ4v) is 3.93. The summed E-state index contributed by atoms with van der Waals surface area (Å²) in [7, 11) is 2.14. The Hall–Kier alpha value is -0.0400. The van der Waals surface area contributed by atoms with E-state index in [2.05, 4.69) is 33.1 Å². The standard InChI is InChI=1S/C13H25N/c1-5-6-10(2)11-9-12(3,14-4)13(11)7-8-13/h10-11,14H,5-9H2,1-4H3/t10-,11?,12?/m0/s1. The molecule has 3 atom stereocenters. The van der Waals surface area contributed by atoms with Crippen LogP contribution in [0.1, 0.15) is 52.9 Å². The highest BCUT2D eigenvalue weighted by atomic mass is 15.0. The van der Waals surface area contributed by atoms with Crippen molar-refractivity contribution in [3.63, 3.8) is 0 Å². The molecule has 2 aliphatic rings. The van der Waals surface area contributed by atoms with Gasteiger partial charge in [-0.05, 0) is 50.5 Å². The zero-order chi connectivity index (χ0) is 10.4. The third-order valence-electron chi connectivity index (χ3n) is 5.21. The van der Waals surface area contributed by atoms with Gasteiger partial charge in [-0.2, -0.15) is 0 Å². The van der Waals surface area contributed by atoms with Crippen LogP contribution < -0.4 is 5.32 Å². The predicted molar refractivity (Wildman–Crippen MR) is 61.3 cm³/mol. The van der Waals surface area contributed by atoms with Crippen LogP contribution in [0.15, 0.2) is 0 Å². The Bertz CT molecular complexity index is 219. The van der Waals surface area contributed by atoms with Gasteiger partial charge in [0.15, 0.2) is 0 Å². The Kier molecular flexibility index (Phi) is 2.42. The first kappa shape index (κ1) is 10.5. The molecule has 0 bridgehead atoms. The number of rotatable bonds is 4. The summed E-state index contributed by atoms with van der Waals surface area (Å²) >= 11 is 0. The van der Waals surface area contributed by atoms with Gasteiger partial charge < -0.3 is 5.32 Å². The fraction of sp³-hybridized carbons (Fsp3) is 1.00. The van der Waals surface area contributed by atoms with Crippen molar-refractivity contribution in [2.45, 2.75) is 58.4 Å². The molecule has 1 N–H and O–H groups in total. The summed E-state index contributed by atoms with van der Waals surface area (Å²) in [5.41, 5.74) is 1.18. The summed E-state index contributed by atoms with van der Waals surface area (Å²) in [6, 6.07) is 0. The van der Waals surface area contributed by atoms with Gasteiger partial charge in [-0.1, -0.05) is 26.7 Å². The van der Waals surface area contributed by atoms with Crippen LogP contribution in [-0.4, -0.2) is 12.6 Å². The molecule has 1 spiro atoms. The molecule has 1 nitrogen and oxygen atoms in total. The van der Waals surface area contributed by atoms with E-state index in [1.54, 1.807) is 0 Å². The highest BCUT2D eigenvalue weighted by Crippen LogP contribution is 2.71. The van der Waals surface area contributed by atoms with Crippen LogP contribution in [0.4, 0.5) is 0 Å². The molecule has 14 heavy (non-hydrogen) atoms. The van der Waals surface area contributed by atoms with Crippen molar-refractivity contribution in [2.75, 3.05) is 7.05 Å². The number of hydrogen-bond donors (Lipinski definition) is 1. The number of nitrogens with one attached hydrogen (secondary N) is 1. The molecule has 0 aromatic rings. The quantitative estimate of drug-likeness (QED) is 0.726. The average molecular weight is 195 g/mol. The molecular weight excluding hydrogens is 170 g/mol. The third kappa shape index (κ3) is 1.18. The van der Waals surface area contributed by atoms with Crippen molar-refractivity contribution in [1.29, 1.82) is 0 Å². The van der Waals surface area contributed by atoms with Crippen molar-refractivity contribution in [3.8, 4) is 0 Å². The largest absolute Gasteiger partial charge is 0.314 e. The van der Waals surface area contributed by atoms with E-state index in [-0.39, 0.29) is 0 Å². The summed E-state index contributed by atoms with van der Waals surface area (Å²) in [6.45, 7) is 7.20. The van der Waals surface area contributed by atoms with Crippen molar-refractivity contribution >= 4 is 0 Å². The minimum atomic E-state index is 0.472. The lowest BCUT2D eigenvalue weighted by atomic mass is 9.53. The van der Waals surface area contributed by atoms with Gasteiger partial charge in [0.25, 0.3) is 0 Å². The topological polar surface area (TPSA) is 12.0 Å². The zero-order valence-corrected chi connectivity index (χ0v) is 10.2. The molecule has 0 amide bonds. The van der Waals surface area contributed by atoms with Crippen LogP contribution in [-0.2, 0) is 0 Å². The summed E-state index contributed by atoms with van der Waals surface area (Å²) in [4.78, 5) is 0. The molecule has 0 aliphatic heterocycles. The third-order valence-corrected chi connectivity index (χ3v) is 5.21. The molecule has 2 saturated carbocycles. The zero-order valence-electron chi connectivity index (χ0n) is 10.2. The summed E-state index contributed by atoms with van der Waals surface area (Å²) < 4.78 is 0. The molecule has 1 heteroatoms. The van der Waals surface area contributed by atoms with Gasteiger partial charge in [-0.15, -0.1) is 0 Å². The van der Waals surface area contributed by atoms with E-state index in [1.807, 2.05) is 0 Å². The molecule has 2 unspecified atom stereocenters. The van der Waals surface area contributed by atoms with E-state index < -0.39 is 0 Å². The lowest BCUT2D eigenvalue weighted by Gasteiger charge is -2.57. The fourth-order valence-electron chi connectivity index (χ4n) is 3.93. The number of hydrogen-bond acceptors (Lipinski definition) is 1. The van der Waals surface area contributed by atoms with E-state index in [0.29, 0.717) is 11.0 Å². The van der Waals surface area contributed by atoms with Crippen LogP contribution in [0.5, 0.6) is 0 Å². The Labute approximate surface area is 88.7 Å². The lowest BCUT2D eigenvalue weighted by molar-refractivity contribution is -0.0350. The normalized spacial score (nSPS) is 40.7. The van der Waals surface area contributed by atoms with Gasteiger partial charge in [0.05, 0.1) is 0 Å². The van der Waals surface area contributed by atoms with Gasteiger partial charge in [-0.25, -0.2) is 0 Å². The summed E-state index contributed by atoms with van der Waals surface area (Å²) in [6.07, 6.45) is 7.13. The first-order chi connectivity index (χ1) is 6.59. The predicted octanol–water partition coefficient (Wildman–Crippen LogP) is 3.20. The Balaban J connectivity index is 2.00. The van der Waals surface area contributed by atoms with Gasteiger partial charge in [0.1, 0.15) is 0 Å². The monoisotopic (exact) mass is 195 g/mol. The van der Waals surface area contributed by atoms with E-state index >= 15 is 0 Å². The van der Waals surface area contributed by atoms with Crippen LogP contribution in [0, 0.1) is 17.3 Å². The maximum Gasteiger partial charge on any atom is 0.0212 e. The minimum Gasteiger partial charge on any atom is -0.314 e. The second kappa shape index (κ2) is 3.23. The molecule has 2 rings (SSSR count). The minimum absolute atomic E-state index is 0.472. The summed E-state index contributed by atoms with van der Waals surface area (Å²) in [5, 5.41) is 3.56. The molecule has 0 aromatic heterocycles. The van der Waals surface area contributed by atoms with E-state index in [9.17, 15) is 0 Å². The smallest absolute Gasteiger partial charge is 0.0212 e. The second-order valence-corrected chi connectivity index (χ2v) is 5.81. The van der Waals surface area contributed by atoms with E-state index in [1.165, 1.54) is 32.1 Å². The van der Waals surface area contributed by atoms with E-state index in [0.717, 1.165) is 11.8 Å². The molecular formula is C13H25N. The molecule has 0 saturated heterocycles. The maximum absolute atomic E-state index is 3.56. The van der Waals surface area contributed by atoms with Gasteiger partial charge in [-0.3, -0.25) is 0 Å². The summed E-state index contributed by atoms with van der Waals surface area (Å²) in [5.74, 6) is 1.96. The van der Waals surface area contributed by atoms with Crippen LogP contribution in [0.2, 0.25) is 0 Å². The highest BCUT2D eigenvalue weighted by molar-refractivity contribution is 5.22. The second-order valence-electron chi connectivity index (χ2n) is 5.81. The first-order valence-electron chi connectivity index (χ1n) is 6.28. The lowest BCUT2D eigenvalue weighted by Crippen LogP contribution is -2.63. The van der Waals surface area contributed by atoms with Crippen LogP contribution in [0.25, 0.3) is 0 Å². The van der Waals surface area contributed by atoms with Crippen molar-refractivity contribution in [2.24, 2.45) is 17.3 Å². The van der Waals surface area contributed by atoms with Crippen LogP contribution in [0.3, 0.4) is 0 Å². The van der Waals surface area contributed by atoms with Crippen molar-refractivity contribution < 1.29 is 0 Å². The molecule has 0 aromatic carbocycles. The average Bonchev–Trinajstić information content (AvgIpc) is 2.95. The van der Waals surface area contributed by atoms with Crippen molar-refractivity contribution in [3.05, 3.63) is 0 Å². The Morgan fingerprint density at radius 2 is 2.07 bits per heavy atom. The van der Waals surface area contributed by atoms with Gasteiger partial charge >= 0.3 is 0 Å². The SMILES string of the molecule is CCC[C@H](C)C1CC(C)(NC)C12CC2. The molecule has 0 heterocycles. The maximum atomic E-state index is 3.56. The van der Waals surface area contributed by atoms with E-state index in [4.69, 9.17) is 0 Å². The highest BCUT2D eigenvalue weighted by Gasteiger charge is 2.69. The molecule has 0 radical (unpaired) electrons. The molecule has 2 aliphatic carbocycles. The molecule has 2 fully saturated rings. The Morgan fingerprint density at radius 1 is 1.43 bits per heavy atom. The van der Waals surface area contributed by atoms with Gasteiger partial charge in [0, 0.05) is 5.54 Å². The van der Waals surface area contributed by atoms with Gasteiger partial charge in [0.2, 0.25) is 0 Å². The Morgan fingerprint density at radius 3 is 2.50 bits per heavy atom. The first-order valence-corrected chi connectivity index (χ1v) is 6.28. The molecule has 82 valence electrons. The van der Waals surface area contributed by atoms with Crippen molar-refractivity contribution in [1.82, 2.24) is 5.32 Å².